The van der Waals surface area contributed by atoms with Gasteiger partial charge in [0.05, 0.1) is 25.2 Å². The molecule has 0 radical (unpaired) electrons. The molecular formula is C26H31N3O3S. The lowest BCUT2D eigenvalue weighted by Crippen LogP contribution is -2.50. The molecule has 1 aliphatic rings. The van der Waals surface area contributed by atoms with Crippen molar-refractivity contribution in [1.82, 2.24) is 10.2 Å². The summed E-state index contributed by atoms with van der Waals surface area (Å²) in [4.78, 5) is 17.3. The highest BCUT2D eigenvalue weighted by Gasteiger charge is 2.27. The van der Waals surface area contributed by atoms with Crippen LogP contribution in [0, 0.1) is 0 Å². The van der Waals surface area contributed by atoms with E-state index in [0.717, 1.165) is 43.4 Å². The van der Waals surface area contributed by atoms with Crippen LogP contribution >= 0.6 is 11.8 Å². The van der Waals surface area contributed by atoms with Gasteiger partial charge in [0.25, 0.3) is 0 Å². The zero-order chi connectivity index (χ0) is 22.9. The molecule has 6 nitrogen and oxygen atoms in total. The third-order valence-electron chi connectivity index (χ3n) is 5.90. The van der Waals surface area contributed by atoms with E-state index in [1.54, 1.807) is 25.1 Å². The van der Waals surface area contributed by atoms with Gasteiger partial charge in [-0.15, -0.1) is 11.8 Å². The Hall–Kier alpha value is -2.90. The van der Waals surface area contributed by atoms with Crippen LogP contribution in [0.3, 0.4) is 0 Å². The van der Waals surface area contributed by atoms with Gasteiger partial charge in [0.15, 0.2) is 0 Å². The van der Waals surface area contributed by atoms with E-state index < -0.39 is 0 Å². The first-order valence-electron chi connectivity index (χ1n) is 11.3. The van der Waals surface area contributed by atoms with E-state index in [-0.39, 0.29) is 11.9 Å². The van der Waals surface area contributed by atoms with Crippen LogP contribution in [-0.2, 0) is 10.5 Å². The molecule has 4 rings (SSSR count). The second kappa shape index (κ2) is 11.8. The number of ether oxygens (including phenoxy) is 1. The number of benzene rings is 2. The van der Waals surface area contributed by atoms with Crippen molar-refractivity contribution >= 4 is 23.4 Å². The van der Waals surface area contributed by atoms with Crippen molar-refractivity contribution in [1.29, 1.82) is 0 Å². The largest absolute Gasteiger partial charge is 0.497 e. The average Bonchev–Trinajstić information content (AvgIpc) is 3.40. The number of furan rings is 1. The van der Waals surface area contributed by atoms with E-state index in [4.69, 9.17) is 9.15 Å². The van der Waals surface area contributed by atoms with Gasteiger partial charge < -0.3 is 19.4 Å². The molecule has 1 atom stereocenters. The lowest BCUT2D eigenvalue weighted by Gasteiger charge is -2.39. The summed E-state index contributed by atoms with van der Waals surface area (Å²) in [6.45, 7) is 4.18. The van der Waals surface area contributed by atoms with Crippen molar-refractivity contribution in [3.63, 3.8) is 0 Å². The van der Waals surface area contributed by atoms with Crippen molar-refractivity contribution in [2.45, 2.75) is 11.8 Å². The summed E-state index contributed by atoms with van der Waals surface area (Å²) in [5, 5.41) is 3.12. The first-order chi connectivity index (χ1) is 16.2. The number of thioether (sulfide) groups is 1. The summed E-state index contributed by atoms with van der Waals surface area (Å²) < 4.78 is 11.0. The summed E-state index contributed by atoms with van der Waals surface area (Å²) in [7, 11) is 1.68. The molecule has 1 N–H and O–H groups in total. The summed E-state index contributed by atoms with van der Waals surface area (Å²) in [5.41, 5.74) is 2.44. The van der Waals surface area contributed by atoms with Gasteiger partial charge in [-0.2, -0.15) is 0 Å². The number of amides is 1. The summed E-state index contributed by atoms with van der Waals surface area (Å²) in [6.07, 6.45) is 1.70. The Morgan fingerprint density at radius 1 is 1.03 bits per heavy atom. The number of rotatable bonds is 10. The van der Waals surface area contributed by atoms with Crippen LogP contribution in [0.15, 0.2) is 77.4 Å². The second-order valence-corrected chi connectivity index (χ2v) is 9.02. The van der Waals surface area contributed by atoms with Crippen LogP contribution in [0.2, 0.25) is 0 Å². The first kappa shape index (κ1) is 23.3. The average molecular weight is 466 g/mol. The predicted molar refractivity (Wildman–Crippen MR) is 134 cm³/mol. The fourth-order valence-corrected chi connectivity index (χ4v) is 4.89. The molecule has 1 unspecified atom stereocenters. The maximum absolute atomic E-state index is 12.5. The van der Waals surface area contributed by atoms with Gasteiger partial charge in [-0.05, 0) is 42.0 Å². The molecule has 1 saturated heterocycles. The van der Waals surface area contributed by atoms with Crippen LogP contribution in [0.1, 0.15) is 17.4 Å². The molecular weight excluding hydrogens is 434 g/mol. The summed E-state index contributed by atoms with van der Waals surface area (Å²) in [5.74, 6) is 3.11. The van der Waals surface area contributed by atoms with Crippen molar-refractivity contribution in [2.75, 3.05) is 50.5 Å². The lowest BCUT2D eigenvalue weighted by atomic mass is 10.1. The molecule has 1 fully saturated rings. The van der Waals surface area contributed by atoms with E-state index in [0.29, 0.717) is 12.3 Å². The number of carbonyl (C=O) groups is 1. The zero-order valence-corrected chi connectivity index (χ0v) is 19.8. The maximum Gasteiger partial charge on any atom is 0.230 e. The fourth-order valence-electron chi connectivity index (χ4n) is 4.07. The van der Waals surface area contributed by atoms with Crippen molar-refractivity contribution in [3.05, 3.63) is 84.3 Å². The van der Waals surface area contributed by atoms with Gasteiger partial charge in [0.2, 0.25) is 5.91 Å². The summed E-state index contributed by atoms with van der Waals surface area (Å²) in [6, 6.07) is 22.4. The van der Waals surface area contributed by atoms with Gasteiger partial charge in [-0.3, -0.25) is 9.69 Å². The Labute approximate surface area is 199 Å². The molecule has 0 aliphatic carbocycles. The quantitative estimate of drug-likeness (QED) is 0.484. The summed E-state index contributed by atoms with van der Waals surface area (Å²) >= 11 is 1.63. The van der Waals surface area contributed by atoms with Crippen LogP contribution in [0.5, 0.6) is 5.75 Å². The number of nitrogens with one attached hydrogen (secondary N) is 1. The van der Waals surface area contributed by atoms with Gasteiger partial charge in [0.1, 0.15) is 11.5 Å². The van der Waals surface area contributed by atoms with E-state index in [1.807, 2.05) is 42.5 Å². The standard InChI is InChI=1S/C26H31N3O3S/c1-31-23-11-9-22(10-12-23)28-13-15-29(16-14-28)24(25-8-5-17-32-25)18-27-26(30)20-33-19-21-6-3-2-4-7-21/h2-12,17,24H,13-16,18-20H2,1H3,(H,27,30). The number of piperazine rings is 1. The molecule has 1 aromatic heterocycles. The number of hydrogen-bond acceptors (Lipinski definition) is 6. The third kappa shape index (κ3) is 6.55. The highest BCUT2D eigenvalue weighted by atomic mass is 32.2. The van der Waals surface area contributed by atoms with Gasteiger partial charge in [-0.25, -0.2) is 0 Å². The molecule has 0 saturated carbocycles. The SMILES string of the molecule is COc1ccc(N2CCN(C(CNC(=O)CSCc3ccccc3)c3ccco3)CC2)cc1. The third-order valence-corrected chi connectivity index (χ3v) is 6.91. The first-order valence-corrected chi connectivity index (χ1v) is 12.4. The number of nitrogens with zero attached hydrogens (tertiary/aromatic N) is 2. The Balaban J connectivity index is 1.28. The Morgan fingerprint density at radius 2 is 1.79 bits per heavy atom. The highest BCUT2D eigenvalue weighted by Crippen LogP contribution is 2.25. The fraction of sp³-hybridized carbons (Fsp3) is 0.346. The zero-order valence-electron chi connectivity index (χ0n) is 19.0. The number of methoxy groups -OCH3 is 1. The molecule has 2 heterocycles. The monoisotopic (exact) mass is 465 g/mol. The molecule has 2 aromatic carbocycles. The molecule has 0 spiro atoms. The normalized spacial score (nSPS) is 15.2. The predicted octanol–water partition coefficient (Wildman–Crippen LogP) is 4.20. The Morgan fingerprint density at radius 3 is 2.45 bits per heavy atom. The van der Waals surface area contributed by atoms with Crippen molar-refractivity contribution < 1.29 is 13.9 Å². The van der Waals surface area contributed by atoms with Gasteiger partial charge in [-0.1, -0.05) is 30.3 Å². The number of anilines is 1. The molecule has 7 heteroatoms. The molecule has 174 valence electrons. The molecule has 1 aliphatic heterocycles. The lowest BCUT2D eigenvalue weighted by molar-refractivity contribution is -0.118. The molecule has 3 aromatic rings. The minimum atomic E-state index is 0.0288. The van der Waals surface area contributed by atoms with E-state index in [1.165, 1.54) is 11.3 Å². The number of carbonyl (C=O) groups excluding carboxylic acids is 1. The highest BCUT2D eigenvalue weighted by molar-refractivity contribution is 7.99. The van der Waals surface area contributed by atoms with E-state index in [2.05, 4.69) is 39.4 Å². The molecule has 33 heavy (non-hydrogen) atoms. The maximum atomic E-state index is 12.5. The van der Waals surface area contributed by atoms with Crippen LogP contribution in [0.25, 0.3) is 0 Å². The molecule has 0 bridgehead atoms. The van der Waals surface area contributed by atoms with E-state index in [9.17, 15) is 4.79 Å². The second-order valence-electron chi connectivity index (χ2n) is 8.03. The Bertz CT molecular complexity index is 972. The minimum Gasteiger partial charge on any atom is -0.497 e. The molecule has 1 amide bonds. The Kier molecular flexibility index (Phi) is 8.33. The van der Waals surface area contributed by atoms with Gasteiger partial charge in [0, 0.05) is 44.2 Å². The van der Waals surface area contributed by atoms with Crippen LogP contribution < -0.4 is 15.0 Å². The van der Waals surface area contributed by atoms with Crippen LogP contribution in [-0.4, -0.2) is 56.4 Å². The minimum absolute atomic E-state index is 0.0288. The van der Waals surface area contributed by atoms with Gasteiger partial charge >= 0.3 is 0 Å². The number of hydrogen-bond donors (Lipinski definition) is 1. The topological polar surface area (TPSA) is 58.0 Å². The van der Waals surface area contributed by atoms with Crippen molar-refractivity contribution in [2.24, 2.45) is 0 Å². The van der Waals surface area contributed by atoms with E-state index >= 15 is 0 Å². The smallest absolute Gasteiger partial charge is 0.230 e. The van der Waals surface area contributed by atoms with Crippen molar-refractivity contribution in [3.8, 4) is 5.75 Å². The van der Waals surface area contributed by atoms with Crippen LogP contribution in [0.4, 0.5) is 5.69 Å².